The van der Waals surface area contributed by atoms with Crippen molar-refractivity contribution in [2.75, 3.05) is 41.7 Å². The lowest BCUT2D eigenvalue weighted by Crippen LogP contribution is -2.47. The SMILES string of the molecule is Nc1nc2c(N3CCN(c4ccccn4)CC3)cccn2n1. The second kappa shape index (κ2) is 5.18. The molecule has 4 heterocycles. The topological polar surface area (TPSA) is 75.6 Å². The van der Waals surface area contributed by atoms with Gasteiger partial charge in [0.05, 0.1) is 5.69 Å². The van der Waals surface area contributed by atoms with Crippen molar-refractivity contribution >= 4 is 23.1 Å². The Balaban J connectivity index is 1.56. The van der Waals surface area contributed by atoms with Gasteiger partial charge < -0.3 is 15.5 Å². The Morgan fingerprint density at radius 3 is 2.55 bits per heavy atom. The van der Waals surface area contributed by atoms with Crippen molar-refractivity contribution in [2.45, 2.75) is 0 Å². The number of piperazine rings is 1. The summed E-state index contributed by atoms with van der Waals surface area (Å²) in [5.41, 5.74) is 7.60. The molecule has 1 aliphatic rings. The molecule has 0 saturated carbocycles. The first-order valence-corrected chi connectivity index (χ1v) is 7.33. The van der Waals surface area contributed by atoms with Crippen LogP contribution in [0.3, 0.4) is 0 Å². The van der Waals surface area contributed by atoms with Crippen molar-refractivity contribution in [1.82, 2.24) is 19.6 Å². The van der Waals surface area contributed by atoms with E-state index in [4.69, 9.17) is 5.73 Å². The number of nitrogens with two attached hydrogens (primary N) is 1. The van der Waals surface area contributed by atoms with Gasteiger partial charge in [-0.3, -0.25) is 0 Å². The maximum Gasteiger partial charge on any atom is 0.240 e. The third-order valence-electron chi connectivity index (χ3n) is 3.95. The quantitative estimate of drug-likeness (QED) is 0.761. The van der Waals surface area contributed by atoms with Gasteiger partial charge in [-0.2, -0.15) is 4.98 Å². The average molecular weight is 295 g/mol. The van der Waals surface area contributed by atoms with Crippen LogP contribution in [0.2, 0.25) is 0 Å². The molecule has 3 aromatic heterocycles. The van der Waals surface area contributed by atoms with Crippen LogP contribution in [0.4, 0.5) is 17.5 Å². The smallest absolute Gasteiger partial charge is 0.240 e. The molecule has 0 bridgehead atoms. The fourth-order valence-corrected chi connectivity index (χ4v) is 2.87. The molecule has 3 aromatic rings. The zero-order valence-corrected chi connectivity index (χ0v) is 12.1. The number of nitrogens with zero attached hydrogens (tertiary/aromatic N) is 6. The summed E-state index contributed by atoms with van der Waals surface area (Å²) < 4.78 is 1.73. The molecule has 2 N–H and O–H groups in total. The lowest BCUT2D eigenvalue weighted by Gasteiger charge is -2.36. The molecule has 4 rings (SSSR count). The molecule has 7 nitrogen and oxygen atoms in total. The fraction of sp³-hybridized carbons (Fsp3) is 0.267. The molecule has 112 valence electrons. The van der Waals surface area contributed by atoms with E-state index < -0.39 is 0 Å². The van der Waals surface area contributed by atoms with Crippen molar-refractivity contribution < 1.29 is 0 Å². The molecule has 0 spiro atoms. The van der Waals surface area contributed by atoms with Gasteiger partial charge in [-0.25, -0.2) is 9.50 Å². The zero-order valence-electron chi connectivity index (χ0n) is 12.1. The van der Waals surface area contributed by atoms with E-state index in [1.54, 1.807) is 4.52 Å². The van der Waals surface area contributed by atoms with E-state index in [2.05, 4.69) is 37.0 Å². The van der Waals surface area contributed by atoms with E-state index in [0.717, 1.165) is 43.3 Å². The minimum Gasteiger partial charge on any atom is -0.366 e. The van der Waals surface area contributed by atoms with Crippen LogP contribution in [-0.2, 0) is 0 Å². The summed E-state index contributed by atoms with van der Waals surface area (Å²) in [4.78, 5) is 13.4. The van der Waals surface area contributed by atoms with Crippen molar-refractivity contribution in [3.05, 3.63) is 42.7 Å². The summed E-state index contributed by atoms with van der Waals surface area (Å²) in [6, 6.07) is 10.1. The highest BCUT2D eigenvalue weighted by atomic mass is 15.3. The van der Waals surface area contributed by atoms with Crippen LogP contribution in [0.15, 0.2) is 42.7 Å². The zero-order chi connectivity index (χ0) is 14.9. The molecule has 0 radical (unpaired) electrons. The van der Waals surface area contributed by atoms with Gasteiger partial charge in [-0.1, -0.05) is 6.07 Å². The molecule has 1 aliphatic heterocycles. The molecule has 0 atom stereocenters. The van der Waals surface area contributed by atoms with E-state index in [9.17, 15) is 0 Å². The fourth-order valence-electron chi connectivity index (χ4n) is 2.87. The number of nitrogen functional groups attached to an aromatic ring is 1. The summed E-state index contributed by atoms with van der Waals surface area (Å²) in [7, 11) is 0. The van der Waals surface area contributed by atoms with E-state index in [1.165, 1.54) is 0 Å². The van der Waals surface area contributed by atoms with E-state index in [-0.39, 0.29) is 0 Å². The second-order valence-corrected chi connectivity index (χ2v) is 5.29. The van der Waals surface area contributed by atoms with Gasteiger partial charge in [0.25, 0.3) is 0 Å². The van der Waals surface area contributed by atoms with Crippen molar-refractivity contribution in [2.24, 2.45) is 0 Å². The predicted octanol–water partition coefficient (Wildman–Crippen LogP) is 1.03. The average Bonchev–Trinajstić information content (AvgIpc) is 2.96. The first kappa shape index (κ1) is 12.9. The highest BCUT2D eigenvalue weighted by molar-refractivity contribution is 5.70. The lowest BCUT2D eigenvalue weighted by molar-refractivity contribution is 0.647. The molecule has 0 aliphatic carbocycles. The summed E-state index contributed by atoms with van der Waals surface area (Å²) in [6.45, 7) is 3.70. The number of rotatable bonds is 2. The van der Waals surface area contributed by atoms with E-state index in [0.29, 0.717) is 5.95 Å². The molecule has 0 unspecified atom stereocenters. The highest BCUT2D eigenvalue weighted by Gasteiger charge is 2.20. The monoisotopic (exact) mass is 295 g/mol. The van der Waals surface area contributed by atoms with Crippen molar-refractivity contribution in [3.8, 4) is 0 Å². The van der Waals surface area contributed by atoms with Crippen LogP contribution in [0.5, 0.6) is 0 Å². The van der Waals surface area contributed by atoms with Gasteiger partial charge in [0.15, 0.2) is 5.65 Å². The Kier molecular flexibility index (Phi) is 3.03. The van der Waals surface area contributed by atoms with Crippen molar-refractivity contribution in [1.29, 1.82) is 0 Å². The van der Waals surface area contributed by atoms with Crippen LogP contribution in [-0.4, -0.2) is 45.8 Å². The predicted molar refractivity (Wildman–Crippen MR) is 86.1 cm³/mol. The summed E-state index contributed by atoms with van der Waals surface area (Å²) in [5.74, 6) is 1.34. The van der Waals surface area contributed by atoms with E-state index >= 15 is 0 Å². The summed E-state index contributed by atoms with van der Waals surface area (Å²) in [5, 5.41) is 4.17. The summed E-state index contributed by atoms with van der Waals surface area (Å²) in [6.07, 6.45) is 3.70. The first-order chi connectivity index (χ1) is 10.8. The normalized spacial score (nSPS) is 15.5. The Bertz CT molecular complexity index is 775. The summed E-state index contributed by atoms with van der Waals surface area (Å²) >= 11 is 0. The minimum atomic E-state index is 0.305. The number of aromatic nitrogens is 4. The van der Waals surface area contributed by atoms with Crippen LogP contribution < -0.4 is 15.5 Å². The molecule has 0 amide bonds. The molecule has 1 fully saturated rings. The van der Waals surface area contributed by atoms with Crippen LogP contribution in [0.1, 0.15) is 0 Å². The number of anilines is 3. The largest absolute Gasteiger partial charge is 0.366 e. The molecule has 0 aromatic carbocycles. The third-order valence-corrected chi connectivity index (χ3v) is 3.95. The lowest BCUT2D eigenvalue weighted by atomic mass is 10.2. The number of hydrogen-bond acceptors (Lipinski definition) is 6. The highest BCUT2D eigenvalue weighted by Crippen LogP contribution is 2.23. The Hall–Kier alpha value is -2.83. The standard InChI is InChI=1S/C15H17N7/c16-15-18-14-12(4-3-7-22(14)19-15)20-8-10-21(11-9-20)13-5-1-2-6-17-13/h1-7H,8-11H2,(H2,16,19). The van der Waals surface area contributed by atoms with Gasteiger partial charge in [0.2, 0.25) is 5.95 Å². The third kappa shape index (κ3) is 2.20. The van der Waals surface area contributed by atoms with Gasteiger partial charge in [0, 0.05) is 38.6 Å². The van der Waals surface area contributed by atoms with E-state index in [1.807, 2.05) is 30.6 Å². The Morgan fingerprint density at radius 2 is 1.77 bits per heavy atom. The van der Waals surface area contributed by atoms with Gasteiger partial charge in [-0.15, -0.1) is 5.10 Å². The first-order valence-electron chi connectivity index (χ1n) is 7.33. The maximum absolute atomic E-state index is 5.71. The number of pyridine rings is 2. The number of hydrogen-bond donors (Lipinski definition) is 1. The van der Waals surface area contributed by atoms with Gasteiger partial charge >= 0.3 is 0 Å². The van der Waals surface area contributed by atoms with Crippen LogP contribution >= 0.6 is 0 Å². The van der Waals surface area contributed by atoms with Crippen molar-refractivity contribution in [3.63, 3.8) is 0 Å². The van der Waals surface area contributed by atoms with Crippen LogP contribution in [0.25, 0.3) is 5.65 Å². The molecule has 1 saturated heterocycles. The van der Waals surface area contributed by atoms with Gasteiger partial charge in [-0.05, 0) is 24.3 Å². The minimum absolute atomic E-state index is 0.305. The number of fused-ring (bicyclic) bond motifs is 1. The Morgan fingerprint density at radius 1 is 0.955 bits per heavy atom. The molecule has 22 heavy (non-hydrogen) atoms. The molecule has 7 heteroatoms. The van der Waals surface area contributed by atoms with Crippen LogP contribution in [0, 0.1) is 0 Å². The molecular formula is C15H17N7. The maximum atomic E-state index is 5.71. The van der Waals surface area contributed by atoms with Gasteiger partial charge in [0.1, 0.15) is 5.82 Å². The molecular weight excluding hydrogens is 278 g/mol. The Labute approximate surface area is 128 Å². The second-order valence-electron chi connectivity index (χ2n) is 5.29.